The molecule has 6 heteroatoms. The number of rotatable bonds is 7. The summed E-state index contributed by atoms with van der Waals surface area (Å²) in [7, 11) is 0. The zero-order chi connectivity index (χ0) is 19.2. The molecule has 0 radical (unpaired) electrons. The van der Waals surface area contributed by atoms with Gasteiger partial charge in [-0.05, 0) is 31.4 Å². The number of fused-ring (bicyclic) bond motifs is 1. The Morgan fingerprint density at radius 3 is 2.63 bits per heavy atom. The fourth-order valence-corrected chi connectivity index (χ4v) is 3.59. The maximum atomic E-state index is 12.4. The summed E-state index contributed by atoms with van der Waals surface area (Å²) in [6.07, 6.45) is 1.05. The number of ether oxygens (including phenoxy) is 1. The molecular formula is C21H31N3O3. The summed E-state index contributed by atoms with van der Waals surface area (Å²) >= 11 is 0. The second-order valence-electron chi connectivity index (χ2n) is 7.69. The molecule has 6 nitrogen and oxygen atoms in total. The Kier molecular flexibility index (Phi) is 6.74. The van der Waals surface area contributed by atoms with E-state index in [0.717, 1.165) is 49.5 Å². The van der Waals surface area contributed by atoms with Crippen molar-refractivity contribution in [3.8, 4) is 0 Å². The van der Waals surface area contributed by atoms with Gasteiger partial charge in [-0.2, -0.15) is 0 Å². The first-order valence-corrected chi connectivity index (χ1v) is 9.87. The van der Waals surface area contributed by atoms with Crippen LogP contribution >= 0.6 is 0 Å². The van der Waals surface area contributed by atoms with E-state index in [4.69, 9.17) is 9.15 Å². The molecule has 1 fully saturated rings. The van der Waals surface area contributed by atoms with Gasteiger partial charge in [-0.1, -0.05) is 32.0 Å². The molecule has 1 aliphatic rings. The second-order valence-corrected chi connectivity index (χ2v) is 7.69. The molecule has 2 atom stereocenters. The van der Waals surface area contributed by atoms with E-state index in [1.807, 2.05) is 37.3 Å². The van der Waals surface area contributed by atoms with Crippen LogP contribution < -0.4 is 10.6 Å². The van der Waals surface area contributed by atoms with Gasteiger partial charge < -0.3 is 19.8 Å². The fraction of sp³-hybridized carbons (Fsp3) is 0.571. The molecule has 1 aromatic carbocycles. The van der Waals surface area contributed by atoms with E-state index in [9.17, 15) is 4.79 Å². The van der Waals surface area contributed by atoms with Crippen LogP contribution in [0.5, 0.6) is 0 Å². The van der Waals surface area contributed by atoms with Crippen LogP contribution in [0.25, 0.3) is 11.0 Å². The van der Waals surface area contributed by atoms with Gasteiger partial charge in [0.1, 0.15) is 11.3 Å². The number of furan rings is 1. The molecule has 2 heterocycles. The summed E-state index contributed by atoms with van der Waals surface area (Å²) in [5.74, 6) is 1.34. The first kappa shape index (κ1) is 19.7. The molecule has 0 bridgehead atoms. The van der Waals surface area contributed by atoms with Crippen molar-refractivity contribution in [3.05, 3.63) is 36.1 Å². The van der Waals surface area contributed by atoms with Crippen LogP contribution in [0.2, 0.25) is 0 Å². The number of hydrogen-bond acceptors (Lipinski definition) is 4. The first-order chi connectivity index (χ1) is 13.0. The fourth-order valence-electron chi connectivity index (χ4n) is 3.59. The van der Waals surface area contributed by atoms with Crippen molar-refractivity contribution >= 4 is 17.0 Å². The summed E-state index contributed by atoms with van der Waals surface area (Å²) in [4.78, 5) is 14.8. The van der Waals surface area contributed by atoms with Crippen LogP contribution in [0.15, 0.2) is 34.7 Å². The Labute approximate surface area is 161 Å². The molecule has 1 saturated heterocycles. The van der Waals surface area contributed by atoms with Crippen LogP contribution in [-0.4, -0.2) is 49.8 Å². The summed E-state index contributed by atoms with van der Waals surface area (Å²) in [5.41, 5.74) is 0.839. The van der Waals surface area contributed by atoms with E-state index < -0.39 is 0 Å². The number of nitrogens with one attached hydrogen (secondary N) is 2. The SMILES string of the molecule is CC(C)C[C@H](CNC(=O)N[C@H](C)c1cc2ccccc2o1)N1CCOCC1. The van der Waals surface area contributed by atoms with Gasteiger partial charge in [-0.15, -0.1) is 0 Å². The number of hydrogen-bond donors (Lipinski definition) is 2. The third-order valence-electron chi connectivity index (χ3n) is 5.02. The highest BCUT2D eigenvalue weighted by Crippen LogP contribution is 2.23. The standard InChI is InChI=1S/C21H31N3O3/c1-15(2)12-18(24-8-10-26-11-9-24)14-22-21(25)23-16(3)20-13-17-6-4-5-7-19(17)27-20/h4-7,13,15-16,18H,8-12,14H2,1-3H3,(H2,22,23,25)/t16-,18-/m1/s1. The second kappa shape index (κ2) is 9.24. The third kappa shape index (κ3) is 5.47. The predicted molar refractivity (Wildman–Crippen MR) is 107 cm³/mol. The quantitative estimate of drug-likeness (QED) is 0.779. The Balaban J connectivity index is 1.53. The molecule has 2 N–H and O–H groups in total. The van der Waals surface area contributed by atoms with Gasteiger partial charge in [0.15, 0.2) is 0 Å². The maximum absolute atomic E-state index is 12.4. The van der Waals surface area contributed by atoms with E-state index in [1.54, 1.807) is 0 Å². The molecule has 0 spiro atoms. The number of morpholine rings is 1. The number of amides is 2. The van der Waals surface area contributed by atoms with Gasteiger partial charge in [0.05, 0.1) is 19.3 Å². The Morgan fingerprint density at radius 2 is 1.93 bits per heavy atom. The first-order valence-electron chi connectivity index (χ1n) is 9.87. The highest BCUT2D eigenvalue weighted by Gasteiger charge is 2.23. The molecule has 148 valence electrons. The van der Waals surface area contributed by atoms with E-state index in [2.05, 4.69) is 29.4 Å². The average Bonchev–Trinajstić information content (AvgIpc) is 3.10. The van der Waals surface area contributed by atoms with Gasteiger partial charge in [-0.3, -0.25) is 4.90 Å². The lowest BCUT2D eigenvalue weighted by molar-refractivity contribution is 0.0129. The molecule has 2 amide bonds. The lowest BCUT2D eigenvalue weighted by Gasteiger charge is -2.35. The van der Waals surface area contributed by atoms with Crippen molar-refractivity contribution in [1.82, 2.24) is 15.5 Å². The van der Waals surface area contributed by atoms with Gasteiger partial charge >= 0.3 is 6.03 Å². The summed E-state index contributed by atoms with van der Waals surface area (Å²) in [6, 6.07) is 9.83. The minimum Gasteiger partial charge on any atom is -0.459 e. The van der Waals surface area contributed by atoms with E-state index in [1.165, 1.54) is 0 Å². The zero-order valence-electron chi connectivity index (χ0n) is 16.5. The highest BCUT2D eigenvalue weighted by atomic mass is 16.5. The maximum Gasteiger partial charge on any atom is 0.315 e. The van der Waals surface area contributed by atoms with Gasteiger partial charge in [0.25, 0.3) is 0 Å². The summed E-state index contributed by atoms with van der Waals surface area (Å²) in [5, 5.41) is 7.07. The van der Waals surface area contributed by atoms with Crippen molar-refractivity contribution in [2.45, 2.75) is 39.3 Å². The van der Waals surface area contributed by atoms with Crippen molar-refractivity contribution < 1.29 is 13.9 Å². The Bertz CT molecular complexity index is 704. The zero-order valence-corrected chi connectivity index (χ0v) is 16.5. The number of benzene rings is 1. The number of urea groups is 1. The van der Waals surface area contributed by atoms with Crippen LogP contribution in [0, 0.1) is 5.92 Å². The smallest absolute Gasteiger partial charge is 0.315 e. The number of carbonyl (C=O) groups excluding carboxylic acids is 1. The molecule has 1 aliphatic heterocycles. The number of nitrogens with zero attached hydrogens (tertiary/aromatic N) is 1. The predicted octanol–water partition coefficient (Wildman–Crippen LogP) is 3.54. The molecule has 2 aromatic rings. The largest absolute Gasteiger partial charge is 0.459 e. The molecule has 0 aliphatic carbocycles. The molecule has 27 heavy (non-hydrogen) atoms. The summed E-state index contributed by atoms with van der Waals surface area (Å²) in [6.45, 7) is 10.4. The molecule has 0 unspecified atom stereocenters. The normalized spacial score (nSPS) is 17.8. The van der Waals surface area contributed by atoms with Crippen molar-refractivity contribution in [3.63, 3.8) is 0 Å². The average molecular weight is 373 g/mol. The van der Waals surface area contributed by atoms with Gasteiger partial charge in [0, 0.05) is 31.1 Å². The van der Waals surface area contributed by atoms with Gasteiger partial charge in [0.2, 0.25) is 0 Å². The molecule has 1 aromatic heterocycles. The summed E-state index contributed by atoms with van der Waals surface area (Å²) < 4.78 is 11.3. The number of para-hydroxylation sites is 1. The Hall–Kier alpha value is -2.05. The third-order valence-corrected chi connectivity index (χ3v) is 5.02. The number of carbonyl (C=O) groups is 1. The molecular weight excluding hydrogens is 342 g/mol. The van der Waals surface area contributed by atoms with Crippen LogP contribution in [0.1, 0.15) is 39.0 Å². The van der Waals surface area contributed by atoms with Crippen LogP contribution in [-0.2, 0) is 4.74 Å². The van der Waals surface area contributed by atoms with Crippen LogP contribution in [0.3, 0.4) is 0 Å². The molecule has 0 saturated carbocycles. The topological polar surface area (TPSA) is 66.7 Å². The monoisotopic (exact) mass is 373 g/mol. The van der Waals surface area contributed by atoms with Crippen LogP contribution in [0.4, 0.5) is 4.79 Å². The van der Waals surface area contributed by atoms with E-state index in [-0.39, 0.29) is 12.1 Å². The van der Waals surface area contributed by atoms with Crippen molar-refractivity contribution in [2.24, 2.45) is 5.92 Å². The Morgan fingerprint density at radius 1 is 1.19 bits per heavy atom. The minimum atomic E-state index is -0.190. The minimum absolute atomic E-state index is 0.162. The van der Waals surface area contributed by atoms with Crippen molar-refractivity contribution in [2.75, 3.05) is 32.8 Å². The highest BCUT2D eigenvalue weighted by molar-refractivity contribution is 5.78. The lowest BCUT2D eigenvalue weighted by atomic mass is 10.0. The van der Waals surface area contributed by atoms with E-state index >= 15 is 0 Å². The molecule has 3 rings (SSSR count). The lowest BCUT2D eigenvalue weighted by Crippen LogP contribution is -2.50. The van der Waals surface area contributed by atoms with E-state index in [0.29, 0.717) is 18.5 Å². The van der Waals surface area contributed by atoms with Gasteiger partial charge in [-0.25, -0.2) is 4.79 Å². The van der Waals surface area contributed by atoms with Crippen molar-refractivity contribution in [1.29, 1.82) is 0 Å².